The van der Waals surface area contributed by atoms with Gasteiger partial charge < -0.3 is 37.1 Å². The fourth-order valence-corrected chi connectivity index (χ4v) is 2.42. The summed E-state index contributed by atoms with van der Waals surface area (Å²) >= 11 is 0. The molecular weight excluding hydrogens is 332 g/mol. The van der Waals surface area contributed by atoms with E-state index in [1.165, 1.54) is 0 Å². The summed E-state index contributed by atoms with van der Waals surface area (Å²) in [4.78, 5) is 0. The highest BCUT2D eigenvalue weighted by atomic mass is 16.5. The minimum Gasteiger partial charge on any atom is -0.489 e. The third kappa shape index (κ3) is 6.70. The first kappa shape index (κ1) is 19.7. The highest BCUT2D eigenvalue weighted by molar-refractivity contribution is 5.59. The molecule has 0 atom stereocenters. The van der Waals surface area contributed by atoms with Gasteiger partial charge in [-0.1, -0.05) is 0 Å². The van der Waals surface area contributed by atoms with Crippen LogP contribution in [0.3, 0.4) is 0 Å². The molecule has 0 aliphatic heterocycles. The van der Waals surface area contributed by atoms with Gasteiger partial charge in [0.1, 0.15) is 12.4 Å². The number of nitrogen functional groups attached to an aromatic ring is 4. The Balaban J connectivity index is 1.48. The molecule has 142 valence electrons. The zero-order chi connectivity index (χ0) is 18.8. The molecule has 2 rings (SSSR count). The molecule has 7 nitrogen and oxygen atoms in total. The summed E-state index contributed by atoms with van der Waals surface area (Å²) in [6, 6.07) is 10.7. The van der Waals surface area contributed by atoms with Crippen molar-refractivity contribution in [1.82, 2.24) is 0 Å². The smallest absolute Gasteiger partial charge is 0.144 e. The van der Waals surface area contributed by atoms with Crippen molar-refractivity contribution in [3.05, 3.63) is 42.0 Å². The van der Waals surface area contributed by atoms with E-state index in [1.54, 1.807) is 24.3 Å². The molecule has 7 heteroatoms. The molecule has 0 saturated carbocycles. The fourth-order valence-electron chi connectivity index (χ4n) is 2.42. The SMILES string of the molecule is Nc1ccc(N)c(CCCOCCOCCOc2cc(N)ccc2N)c1. The molecule has 0 bridgehead atoms. The Morgan fingerprint density at radius 3 is 2.04 bits per heavy atom. The van der Waals surface area contributed by atoms with E-state index in [0.29, 0.717) is 50.2 Å². The Hall–Kier alpha value is -2.64. The molecule has 0 aliphatic rings. The molecule has 26 heavy (non-hydrogen) atoms. The highest BCUT2D eigenvalue weighted by Gasteiger charge is 2.02. The summed E-state index contributed by atoms with van der Waals surface area (Å²) in [7, 11) is 0. The van der Waals surface area contributed by atoms with Gasteiger partial charge >= 0.3 is 0 Å². The second kappa shape index (κ2) is 10.4. The monoisotopic (exact) mass is 360 g/mol. The standard InChI is InChI=1S/C19H28N4O3/c20-15-3-5-17(22)14(12-15)2-1-7-24-8-9-25-10-11-26-19-13-16(21)4-6-18(19)23/h3-6,12-13H,1-2,7-11,20-23H2. The Labute approximate surface area is 154 Å². The van der Waals surface area contributed by atoms with Crippen LogP contribution < -0.4 is 27.7 Å². The van der Waals surface area contributed by atoms with Crippen LogP contribution in [0.5, 0.6) is 5.75 Å². The zero-order valence-corrected chi connectivity index (χ0v) is 14.9. The molecule has 0 radical (unpaired) electrons. The number of nitrogens with two attached hydrogens (primary N) is 4. The average molecular weight is 360 g/mol. The van der Waals surface area contributed by atoms with Gasteiger partial charge in [-0.3, -0.25) is 0 Å². The number of aryl methyl sites for hydroxylation is 1. The highest BCUT2D eigenvalue weighted by Crippen LogP contribution is 2.23. The van der Waals surface area contributed by atoms with Gasteiger partial charge in [-0.25, -0.2) is 0 Å². The Kier molecular flexibility index (Phi) is 7.85. The number of ether oxygens (including phenoxy) is 3. The molecule has 0 aliphatic carbocycles. The summed E-state index contributed by atoms with van der Waals surface area (Å²) in [5.74, 6) is 0.575. The van der Waals surface area contributed by atoms with E-state index in [2.05, 4.69) is 0 Å². The summed E-state index contributed by atoms with van der Waals surface area (Å²) < 4.78 is 16.6. The molecule has 2 aromatic rings. The Morgan fingerprint density at radius 2 is 1.27 bits per heavy atom. The topological polar surface area (TPSA) is 132 Å². The number of anilines is 4. The van der Waals surface area contributed by atoms with Crippen LogP contribution >= 0.6 is 0 Å². The predicted molar refractivity (Wildman–Crippen MR) is 106 cm³/mol. The van der Waals surface area contributed by atoms with Crippen molar-refractivity contribution in [2.24, 2.45) is 0 Å². The van der Waals surface area contributed by atoms with Crippen molar-refractivity contribution in [2.75, 3.05) is 56.0 Å². The van der Waals surface area contributed by atoms with E-state index in [-0.39, 0.29) is 0 Å². The van der Waals surface area contributed by atoms with Crippen molar-refractivity contribution < 1.29 is 14.2 Å². The summed E-state index contributed by atoms with van der Waals surface area (Å²) in [5, 5.41) is 0. The van der Waals surface area contributed by atoms with Crippen LogP contribution in [0.2, 0.25) is 0 Å². The summed E-state index contributed by atoms with van der Waals surface area (Å²) in [6.45, 7) is 2.55. The van der Waals surface area contributed by atoms with E-state index >= 15 is 0 Å². The van der Waals surface area contributed by atoms with Crippen LogP contribution in [0.1, 0.15) is 12.0 Å². The van der Waals surface area contributed by atoms with E-state index in [9.17, 15) is 0 Å². The van der Waals surface area contributed by atoms with Crippen molar-refractivity contribution in [1.29, 1.82) is 0 Å². The number of rotatable bonds is 11. The molecule has 0 aromatic heterocycles. The molecule has 0 saturated heterocycles. The van der Waals surface area contributed by atoms with Gasteiger partial charge in [0.05, 0.1) is 25.5 Å². The third-order valence-corrected chi connectivity index (χ3v) is 3.80. The maximum atomic E-state index is 5.91. The Bertz CT molecular complexity index is 635. The van der Waals surface area contributed by atoms with Crippen molar-refractivity contribution in [3.63, 3.8) is 0 Å². The molecular formula is C19H28N4O3. The molecule has 2 aromatic carbocycles. The lowest BCUT2D eigenvalue weighted by Gasteiger charge is -2.10. The van der Waals surface area contributed by atoms with Gasteiger partial charge in [0.25, 0.3) is 0 Å². The number of hydrogen-bond donors (Lipinski definition) is 4. The van der Waals surface area contributed by atoms with Crippen LogP contribution in [0.15, 0.2) is 36.4 Å². The first-order valence-corrected chi connectivity index (χ1v) is 8.63. The Morgan fingerprint density at radius 1 is 0.654 bits per heavy atom. The second-order valence-electron chi connectivity index (χ2n) is 5.93. The fraction of sp³-hybridized carbons (Fsp3) is 0.368. The van der Waals surface area contributed by atoms with Gasteiger partial charge in [-0.2, -0.15) is 0 Å². The molecule has 8 N–H and O–H groups in total. The van der Waals surface area contributed by atoms with Crippen LogP contribution in [0.25, 0.3) is 0 Å². The van der Waals surface area contributed by atoms with Gasteiger partial charge in [-0.05, 0) is 48.7 Å². The van der Waals surface area contributed by atoms with Crippen LogP contribution in [0.4, 0.5) is 22.7 Å². The third-order valence-electron chi connectivity index (χ3n) is 3.80. The van der Waals surface area contributed by atoms with E-state index < -0.39 is 0 Å². The minimum atomic E-state index is 0.405. The van der Waals surface area contributed by atoms with Crippen LogP contribution in [-0.4, -0.2) is 33.0 Å². The molecule has 0 unspecified atom stereocenters. The normalized spacial score (nSPS) is 10.8. The largest absolute Gasteiger partial charge is 0.489 e. The molecule has 0 fully saturated rings. The second-order valence-corrected chi connectivity index (χ2v) is 5.93. The lowest BCUT2D eigenvalue weighted by atomic mass is 10.1. The van der Waals surface area contributed by atoms with Gasteiger partial charge in [-0.15, -0.1) is 0 Å². The molecule has 0 spiro atoms. The molecule has 0 heterocycles. The van der Waals surface area contributed by atoms with Crippen molar-refractivity contribution >= 4 is 22.7 Å². The number of hydrogen-bond acceptors (Lipinski definition) is 7. The van der Waals surface area contributed by atoms with Crippen molar-refractivity contribution in [2.45, 2.75) is 12.8 Å². The van der Waals surface area contributed by atoms with Gasteiger partial charge in [0.15, 0.2) is 0 Å². The van der Waals surface area contributed by atoms with Gasteiger partial charge in [0, 0.05) is 29.7 Å². The predicted octanol–water partition coefficient (Wildman–Crippen LogP) is 2.06. The van der Waals surface area contributed by atoms with Crippen LogP contribution in [0, 0.1) is 0 Å². The minimum absolute atomic E-state index is 0.405. The maximum Gasteiger partial charge on any atom is 0.144 e. The molecule has 0 amide bonds. The zero-order valence-electron chi connectivity index (χ0n) is 14.9. The first-order valence-electron chi connectivity index (χ1n) is 8.63. The van der Waals surface area contributed by atoms with Crippen molar-refractivity contribution in [3.8, 4) is 5.75 Å². The summed E-state index contributed by atoms with van der Waals surface area (Å²) in [5.41, 5.74) is 26.9. The van der Waals surface area contributed by atoms with E-state index in [4.69, 9.17) is 37.1 Å². The van der Waals surface area contributed by atoms with Crippen LogP contribution in [-0.2, 0) is 15.9 Å². The quantitative estimate of drug-likeness (QED) is 0.356. The maximum absolute atomic E-state index is 5.91. The lowest BCUT2D eigenvalue weighted by Crippen LogP contribution is -2.12. The first-order chi connectivity index (χ1) is 12.6. The van der Waals surface area contributed by atoms with E-state index in [1.807, 2.05) is 12.1 Å². The average Bonchev–Trinajstić information content (AvgIpc) is 2.62. The lowest BCUT2D eigenvalue weighted by molar-refractivity contribution is 0.0358. The number of benzene rings is 2. The van der Waals surface area contributed by atoms with E-state index in [0.717, 1.165) is 29.8 Å². The summed E-state index contributed by atoms with van der Waals surface area (Å²) in [6.07, 6.45) is 1.72. The van der Waals surface area contributed by atoms with Gasteiger partial charge in [0.2, 0.25) is 0 Å².